The fraction of sp³-hybridized carbons (Fsp3) is 0. The molecule has 0 saturated heterocycles. The summed E-state index contributed by atoms with van der Waals surface area (Å²) >= 11 is 0. The second-order valence-electron chi connectivity index (χ2n) is 5.92. The van der Waals surface area contributed by atoms with E-state index in [4.69, 9.17) is 0 Å². The van der Waals surface area contributed by atoms with Gasteiger partial charge in [0.1, 0.15) is 0 Å². The van der Waals surface area contributed by atoms with Gasteiger partial charge < -0.3 is 14.4 Å². The normalized spacial score (nSPS) is 15.8. The van der Waals surface area contributed by atoms with Gasteiger partial charge in [0.25, 0.3) is 0 Å². The van der Waals surface area contributed by atoms with Gasteiger partial charge in [-0.15, -0.1) is 0 Å². The molecular weight excluding hydrogens is 269 g/mol. The summed E-state index contributed by atoms with van der Waals surface area (Å²) in [5.74, 6) is 0. The lowest BCUT2D eigenvalue weighted by molar-refractivity contribution is 1.46. The average molecular weight is 281 g/mol. The van der Waals surface area contributed by atoms with Gasteiger partial charge in [-0.1, -0.05) is 36.4 Å². The van der Waals surface area contributed by atoms with Crippen molar-refractivity contribution in [2.45, 2.75) is 0 Å². The van der Waals surface area contributed by atoms with Gasteiger partial charge in [0.15, 0.2) is 0 Å². The first-order valence-corrected chi connectivity index (χ1v) is 7.60. The minimum atomic E-state index is 0.201. The number of nitrogens with zero attached hydrogens (tertiary/aromatic N) is 3. The zero-order chi connectivity index (χ0) is 14.3. The maximum atomic E-state index is 2.45. The van der Waals surface area contributed by atoms with E-state index in [1.807, 2.05) is 0 Å². The molecule has 3 heterocycles. The highest BCUT2D eigenvalue weighted by Gasteiger charge is 2.57. The summed E-state index contributed by atoms with van der Waals surface area (Å²) in [7, 11) is 0.201. The van der Waals surface area contributed by atoms with E-state index in [2.05, 4.69) is 87.2 Å². The Balaban J connectivity index is 1.77. The van der Waals surface area contributed by atoms with Gasteiger partial charge in [-0.3, -0.25) is 0 Å². The van der Waals surface area contributed by atoms with Crippen LogP contribution >= 0.6 is 0 Å². The van der Waals surface area contributed by atoms with Crippen molar-refractivity contribution in [1.29, 1.82) is 0 Å². The minimum Gasteiger partial charge on any atom is -0.342 e. The Hall–Kier alpha value is -2.88. The van der Waals surface area contributed by atoms with Crippen molar-refractivity contribution in [2.24, 2.45) is 0 Å². The molecule has 0 radical (unpaired) electrons. The molecule has 0 N–H and O–H groups in total. The number of para-hydroxylation sites is 6. The zero-order valence-electron chi connectivity index (χ0n) is 11.8. The number of rotatable bonds is 0. The third-order valence-corrected chi connectivity index (χ3v) is 4.90. The molecule has 0 aromatic heterocycles. The summed E-state index contributed by atoms with van der Waals surface area (Å²) < 4.78 is 0. The highest BCUT2D eigenvalue weighted by molar-refractivity contribution is 6.82. The van der Waals surface area contributed by atoms with Crippen molar-refractivity contribution in [1.82, 2.24) is 0 Å². The number of hydrogen-bond acceptors (Lipinski definition) is 3. The monoisotopic (exact) mass is 281 g/mol. The Labute approximate surface area is 129 Å². The van der Waals surface area contributed by atoms with Crippen molar-refractivity contribution in [3.05, 3.63) is 72.8 Å². The predicted molar refractivity (Wildman–Crippen MR) is 91.5 cm³/mol. The average Bonchev–Trinajstić information content (AvgIpc) is 3.19. The lowest BCUT2D eigenvalue weighted by Crippen LogP contribution is -2.46. The quantitative estimate of drug-likeness (QED) is 0.564. The molecule has 6 rings (SSSR count). The van der Waals surface area contributed by atoms with Gasteiger partial charge in [-0.2, -0.15) is 0 Å². The summed E-state index contributed by atoms with van der Waals surface area (Å²) in [6, 6.07) is 26.1. The summed E-state index contributed by atoms with van der Waals surface area (Å²) in [6.07, 6.45) is 0. The molecule has 4 heteroatoms. The Morgan fingerprint density at radius 2 is 0.636 bits per heavy atom. The number of benzene rings is 3. The van der Waals surface area contributed by atoms with Crippen molar-refractivity contribution in [3.63, 3.8) is 0 Å². The molecule has 0 saturated carbocycles. The van der Waals surface area contributed by atoms with Crippen molar-refractivity contribution < 1.29 is 0 Å². The second kappa shape index (κ2) is 3.47. The summed E-state index contributed by atoms with van der Waals surface area (Å²) in [5.41, 5.74) is 7.73. The van der Waals surface area contributed by atoms with Crippen LogP contribution in [-0.2, 0) is 0 Å². The molecule has 102 valence electrons. The van der Waals surface area contributed by atoms with Gasteiger partial charge in [0.05, 0.1) is 34.1 Å². The zero-order valence-corrected chi connectivity index (χ0v) is 11.8. The molecule has 0 unspecified atom stereocenters. The first-order chi connectivity index (χ1) is 10.9. The van der Waals surface area contributed by atoms with Gasteiger partial charge in [0, 0.05) is 0 Å². The molecule has 0 spiro atoms. The third kappa shape index (κ3) is 1.02. The van der Waals surface area contributed by atoms with E-state index < -0.39 is 0 Å². The van der Waals surface area contributed by atoms with Crippen LogP contribution in [0.5, 0.6) is 0 Å². The van der Waals surface area contributed by atoms with Gasteiger partial charge in [-0.05, 0) is 36.4 Å². The first kappa shape index (κ1) is 10.8. The van der Waals surface area contributed by atoms with E-state index in [0.29, 0.717) is 0 Å². The van der Waals surface area contributed by atoms with Crippen LogP contribution in [0.3, 0.4) is 0 Å². The standard InChI is InChI=1S/C18H12BN3/c1-2-8-14-13(7-1)20-15-9-3-4-10-16(15)22-18-12-6-5-11-17(18)21(14)19(20)22/h1-12H. The Bertz CT molecular complexity index is 747. The lowest BCUT2D eigenvalue weighted by atomic mass is 9.91. The van der Waals surface area contributed by atoms with Crippen molar-refractivity contribution in [3.8, 4) is 0 Å². The second-order valence-corrected chi connectivity index (χ2v) is 5.92. The van der Waals surface area contributed by atoms with Gasteiger partial charge >= 0.3 is 7.12 Å². The van der Waals surface area contributed by atoms with Crippen LogP contribution < -0.4 is 14.4 Å². The summed E-state index contributed by atoms with van der Waals surface area (Å²) in [6.45, 7) is 0. The molecule has 22 heavy (non-hydrogen) atoms. The molecule has 0 atom stereocenters. The van der Waals surface area contributed by atoms with Crippen molar-refractivity contribution in [2.75, 3.05) is 14.4 Å². The van der Waals surface area contributed by atoms with Gasteiger partial charge in [0.2, 0.25) is 0 Å². The predicted octanol–water partition coefficient (Wildman–Crippen LogP) is 4.43. The maximum Gasteiger partial charge on any atom is 0.519 e. The van der Waals surface area contributed by atoms with E-state index in [0.717, 1.165) is 0 Å². The molecule has 3 aliphatic heterocycles. The molecule has 0 aliphatic carbocycles. The Morgan fingerprint density at radius 1 is 0.409 bits per heavy atom. The fourth-order valence-electron chi connectivity index (χ4n) is 4.10. The Kier molecular flexibility index (Phi) is 1.70. The van der Waals surface area contributed by atoms with Gasteiger partial charge in [-0.25, -0.2) is 0 Å². The SMILES string of the molecule is c1ccc2c(c1)N1B3N2c2ccccc2N3c2ccccc21. The van der Waals surface area contributed by atoms with E-state index >= 15 is 0 Å². The van der Waals surface area contributed by atoms with Crippen LogP contribution in [0.25, 0.3) is 0 Å². The maximum absolute atomic E-state index is 2.45. The van der Waals surface area contributed by atoms with E-state index in [1.54, 1.807) is 0 Å². The van der Waals surface area contributed by atoms with Crippen LogP contribution in [0.4, 0.5) is 34.1 Å². The molecule has 3 aliphatic rings. The number of hydrogen-bond donors (Lipinski definition) is 0. The van der Waals surface area contributed by atoms with E-state index in [-0.39, 0.29) is 7.12 Å². The fourth-order valence-corrected chi connectivity index (χ4v) is 4.10. The largest absolute Gasteiger partial charge is 0.519 e. The smallest absolute Gasteiger partial charge is 0.342 e. The van der Waals surface area contributed by atoms with Crippen LogP contribution in [-0.4, -0.2) is 7.12 Å². The van der Waals surface area contributed by atoms with Crippen LogP contribution in [0, 0.1) is 0 Å². The van der Waals surface area contributed by atoms with Crippen molar-refractivity contribution >= 4 is 41.2 Å². The van der Waals surface area contributed by atoms with Crippen LogP contribution in [0.2, 0.25) is 0 Å². The highest BCUT2D eigenvalue weighted by Crippen LogP contribution is 2.61. The number of anilines is 6. The third-order valence-electron chi connectivity index (χ3n) is 4.90. The first-order valence-electron chi connectivity index (χ1n) is 7.60. The molecule has 0 bridgehead atoms. The molecule has 3 aromatic carbocycles. The Morgan fingerprint density at radius 3 is 0.864 bits per heavy atom. The van der Waals surface area contributed by atoms with E-state index in [9.17, 15) is 0 Å². The molecular formula is C18H12BN3. The highest BCUT2D eigenvalue weighted by atomic mass is 15.5. The molecule has 0 amide bonds. The lowest BCUT2D eigenvalue weighted by Gasteiger charge is -2.19. The molecule has 0 fully saturated rings. The topological polar surface area (TPSA) is 9.72 Å². The molecule has 3 aromatic rings. The summed E-state index contributed by atoms with van der Waals surface area (Å²) in [4.78, 5) is 7.35. The summed E-state index contributed by atoms with van der Waals surface area (Å²) in [5, 5.41) is 0. The van der Waals surface area contributed by atoms with Crippen LogP contribution in [0.1, 0.15) is 0 Å². The van der Waals surface area contributed by atoms with E-state index in [1.165, 1.54) is 34.1 Å². The molecule has 3 nitrogen and oxygen atoms in total. The van der Waals surface area contributed by atoms with Crippen LogP contribution in [0.15, 0.2) is 72.8 Å². The minimum absolute atomic E-state index is 0.201. The number of fused-ring (bicyclic) bond motifs is 9.